The molecule has 0 bridgehead atoms. The quantitative estimate of drug-likeness (QED) is 0.515. The predicted molar refractivity (Wildman–Crippen MR) is 107 cm³/mol. The predicted octanol–water partition coefficient (Wildman–Crippen LogP) is 2.74. The molecule has 0 aliphatic carbocycles. The number of likely N-dealkylation sites (tertiary alicyclic amines) is 1. The first-order valence-corrected chi connectivity index (χ1v) is 11.7. The van der Waals surface area contributed by atoms with Gasteiger partial charge in [-0.3, -0.25) is 4.79 Å². The number of hydrogen-bond donors (Lipinski definition) is 2. The summed E-state index contributed by atoms with van der Waals surface area (Å²) in [6, 6.07) is 4.84. The molecule has 1 aromatic heterocycles. The van der Waals surface area contributed by atoms with E-state index in [-0.39, 0.29) is 16.1 Å². The highest BCUT2D eigenvalue weighted by Gasteiger charge is 2.25. The molecule has 3 rings (SSSR count). The normalized spacial score (nSPS) is 16.1. The zero-order valence-electron chi connectivity index (χ0n) is 15.7. The summed E-state index contributed by atoms with van der Waals surface area (Å²) in [5.41, 5.74) is 1.34. The van der Waals surface area contributed by atoms with Crippen LogP contribution in [0.3, 0.4) is 0 Å². The number of carbonyl (C=O) groups excluding carboxylic acids is 1. The van der Waals surface area contributed by atoms with Crippen molar-refractivity contribution in [3.8, 4) is 0 Å². The third kappa shape index (κ3) is 4.83. The minimum Gasteiger partial charge on any atom is -0.342 e. The summed E-state index contributed by atoms with van der Waals surface area (Å²) in [5.74, 6) is 0.126. The number of carbonyl (C=O) groups is 1. The Labute approximate surface area is 164 Å². The number of hydrogen-bond acceptors (Lipinski definition) is 5. The minimum absolute atomic E-state index is 0.126. The number of nitrogens with zero attached hydrogens (tertiary/aromatic N) is 2. The molecule has 2 N–H and O–H groups in total. The average molecular weight is 411 g/mol. The van der Waals surface area contributed by atoms with Crippen LogP contribution >= 0.6 is 11.8 Å². The molecule has 1 atom stereocenters. The number of aromatic amines is 1. The maximum atomic E-state index is 12.5. The van der Waals surface area contributed by atoms with Gasteiger partial charge in [0.1, 0.15) is 0 Å². The Balaban J connectivity index is 1.72. The molecule has 1 aromatic carbocycles. The van der Waals surface area contributed by atoms with Gasteiger partial charge in [0.15, 0.2) is 5.16 Å². The van der Waals surface area contributed by atoms with Crippen LogP contribution in [0.25, 0.3) is 11.0 Å². The lowest BCUT2D eigenvalue weighted by molar-refractivity contribution is -0.129. The molecule has 2 heterocycles. The van der Waals surface area contributed by atoms with Crippen molar-refractivity contribution in [3.63, 3.8) is 0 Å². The van der Waals surface area contributed by atoms with E-state index >= 15 is 0 Å². The number of aromatic nitrogens is 2. The highest BCUT2D eigenvalue weighted by atomic mass is 32.2. The standard InChI is InChI=1S/C18H26N4O3S2/c1-3-4-9-19-27(24,25)14-7-8-15-16(12-14)21-18(20-15)26-13(2)17(23)22-10-5-6-11-22/h7-8,12-13,19H,3-6,9-11H2,1-2H3,(H,20,21). The molecule has 0 saturated carbocycles. The van der Waals surface area contributed by atoms with Crippen LogP contribution in [0.2, 0.25) is 0 Å². The Morgan fingerprint density at radius 2 is 2.11 bits per heavy atom. The van der Waals surface area contributed by atoms with Crippen molar-refractivity contribution in [2.45, 2.75) is 54.8 Å². The first kappa shape index (κ1) is 20.2. The van der Waals surface area contributed by atoms with Gasteiger partial charge < -0.3 is 9.88 Å². The number of thioether (sulfide) groups is 1. The van der Waals surface area contributed by atoms with Gasteiger partial charge in [0, 0.05) is 19.6 Å². The van der Waals surface area contributed by atoms with Gasteiger partial charge in [-0.15, -0.1) is 0 Å². The van der Waals surface area contributed by atoms with Crippen molar-refractivity contribution in [3.05, 3.63) is 18.2 Å². The Kier molecular flexibility index (Phi) is 6.44. The van der Waals surface area contributed by atoms with E-state index in [4.69, 9.17) is 0 Å². The number of benzene rings is 1. The molecule has 0 spiro atoms. The Morgan fingerprint density at radius 3 is 2.81 bits per heavy atom. The third-order valence-electron chi connectivity index (χ3n) is 4.62. The van der Waals surface area contributed by atoms with Crippen LogP contribution in [0.5, 0.6) is 0 Å². The summed E-state index contributed by atoms with van der Waals surface area (Å²) in [7, 11) is -3.53. The number of nitrogens with one attached hydrogen (secondary N) is 2. The van der Waals surface area contributed by atoms with E-state index in [9.17, 15) is 13.2 Å². The van der Waals surface area contributed by atoms with Crippen molar-refractivity contribution < 1.29 is 13.2 Å². The maximum absolute atomic E-state index is 12.5. The summed E-state index contributed by atoms with van der Waals surface area (Å²) in [6.45, 7) is 5.98. The van der Waals surface area contributed by atoms with Gasteiger partial charge in [-0.25, -0.2) is 18.1 Å². The van der Waals surface area contributed by atoms with Crippen molar-refractivity contribution in [1.29, 1.82) is 0 Å². The summed E-state index contributed by atoms with van der Waals surface area (Å²) in [6.07, 6.45) is 3.86. The lowest BCUT2D eigenvalue weighted by Gasteiger charge is -2.19. The van der Waals surface area contributed by atoms with Crippen LogP contribution < -0.4 is 4.72 Å². The van der Waals surface area contributed by atoms with Gasteiger partial charge in [-0.1, -0.05) is 25.1 Å². The number of sulfonamides is 1. The molecule has 9 heteroatoms. The fourth-order valence-electron chi connectivity index (χ4n) is 3.07. The van der Waals surface area contributed by atoms with Gasteiger partial charge in [0.2, 0.25) is 15.9 Å². The molecule has 27 heavy (non-hydrogen) atoms. The highest BCUT2D eigenvalue weighted by molar-refractivity contribution is 8.00. The molecule has 2 aromatic rings. The van der Waals surface area contributed by atoms with Crippen LogP contribution in [0, 0.1) is 0 Å². The number of amides is 1. The van der Waals surface area contributed by atoms with Crippen molar-refractivity contribution in [2.24, 2.45) is 0 Å². The number of fused-ring (bicyclic) bond motifs is 1. The fraction of sp³-hybridized carbons (Fsp3) is 0.556. The first-order valence-electron chi connectivity index (χ1n) is 9.35. The average Bonchev–Trinajstić information content (AvgIpc) is 3.29. The molecule has 1 unspecified atom stereocenters. The van der Waals surface area contributed by atoms with E-state index in [2.05, 4.69) is 14.7 Å². The van der Waals surface area contributed by atoms with E-state index in [0.29, 0.717) is 22.7 Å². The number of imidazole rings is 1. The Hall–Kier alpha value is -1.58. The van der Waals surface area contributed by atoms with Gasteiger partial charge >= 0.3 is 0 Å². The summed E-state index contributed by atoms with van der Waals surface area (Å²) < 4.78 is 27.4. The molecule has 7 nitrogen and oxygen atoms in total. The van der Waals surface area contributed by atoms with Crippen LogP contribution in [-0.4, -0.2) is 54.1 Å². The number of H-pyrrole nitrogens is 1. The topological polar surface area (TPSA) is 95.2 Å². The molecule has 148 valence electrons. The second kappa shape index (κ2) is 8.62. The molecular weight excluding hydrogens is 384 g/mol. The second-order valence-electron chi connectivity index (χ2n) is 6.76. The van der Waals surface area contributed by atoms with E-state index in [1.807, 2.05) is 18.7 Å². The van der Waals surface area contributed by atoms with E-state index in [0.717, 1.165) is 38.8 Å². The van der Waals surface area contributed by atoms with E-state index < -0.39 is 10.0 Å². The van der Waals surface area contributed by atoms with Crippen LogP contribution in [0.4, 0.5) is 0 Å². The summed E-state index contributed by atoms with van der Waals surface area (Å²) in [5, 5.41) is 0.390. The zero-order valence-corrected chi connectivity index (χ0v) is 17.3. The Morgan fingerprint density at radius 1 is 1.37 bits per heavy atom. The third-order valence-corrected chi connectivity index (χ3v) is 7.05. The Bertz CT molecular complexity index is 904. The van der Waals surface area contributed by atoms with E-state index in [1.54, 1.807) is 18.2 Å². The molecule has 1 amide bonds. The number of unbranched alkanes of at least 4 members (excludes halogenated alkanes) is 1. The highest BCUT2D eigenvalue weighted by Crippen LogP contribution is 2.26. The van der Waals surface area contributed by atoms with Gasteiger partial charge in [-0.2, -0.15) is 0 Å². The maximum Gasteiger partial charge on any atom is 0.240 e. The van der Waals surface area contributed by atoms with Crippen molar-refractivity contribution in [1.82, 2.24) is 19.6 Å². The molecule has 1 fully saturated rings. The SMILES string of the molecule is CCCCNS(=O)(=O)c1ccc2nc(SC(C)C(=O)N3CCCC3)[nH]c2c1. The summed E-state index contributed by atoms with van der Waals surface area (Å²) in [4.78, 5) is 22.2. The second-order valence-corrected chi connectivity index (χ2v) is 9.86. The lowest BCUT2D eigenvalue weighted by atomic mass is 10.3. The van der Waals surface area contributed by atoms with Crippen LogP contribution in [0.1, 0.15) is 39.5 Å². The van der Waals surface area contributed by atoms with Crippen molar-refractivity contribution >= 4 is 38.7 Å². The van der Waals surface area contributed by atoms with Gasteiger partial charge in [-0.05, 0) is 44.4 Å². The van der Waals surface area contributed by atoms with Crippen LogP contribution in [-0.2, 0) is 14.8 Å². The summed E-state index contributed by atoms with van der Waals surface area (Å²) >= 11 is 1.37. The monoisotopic (exact) mass is 410 g/mol. The van der Waals surface area contributed by atoms with Gasteiger partial charge in [0.05, 0.1) is 21.2 Å². The number of rotatable bonds is 8. The van der Waals surface area contributed by atoms with Crippen molar-refractivity contribution in [2.75, 3.05) is 19.6 Å². The molecule has 1 saturated heterocycles. The molecular formula is C18H26N4O3S2. The minimum atomic E-state index is -3.53. The van der Waals surface area contributed by atoms with Crippen LogP contribution in [0.15, 0.2) is 28.3 Å². The smallest absolute Gasteiger partial charge is 0.240 e. The molecule has 1 aliphatic rings. The zero-order chi connectivity index (χ0) is 19.4. The molecule has 0 radical (unpaired) electrons. The largest absolute Gasteiger partial charge is 0.342 e. The fourth-order valence-corrected chi connectivity index (χ4v) is 5.07. The lowest BCUT2D eigenvalue weighted by Crippen LogP contribution is -2.34. The molecule has 1 aliphatic heterocycles. The van der Waals surface area contributed by atoms with Gasteiger partial charge in [0.25, 0.3) is 0 Å². The van der Waals surface area contributed by atoms with E-state index in [1.165, 1.54) is 11.8 Å². The first-order chi connectivity index (χ1) is 12.9.